The van der Waals surface area contributed by atoms with Gasteiger partial charge in [-0.2, -0.15) is 0 Å². The molecular weight excluding hydrogens is 236 g/mol. The van der Waals surface area contributed by atoms with Crippen LogP contribution in [-0.2, 0) is 0 Å². The highest BCUT2D eigenvalue weighted by atomic mass is 32.1. The zero-order chi connectivity index (χ0) is 12.8. The average Bonchev–Trinajstić information content (AvgIpc) is 2.75. The van der Waals surface area contributed by atoms with Gasteiger partial charge in [0.05, 0.1) is 17.3 Å². The summed E-state index contributed by atoms with van der Waals surface area (Å²) in [6.45, 7) is 6.40. The summed E-state index contributed by atoms with van der Waals surface area (Å²) >= 11 is 1.41. The van der Waals surface area contributed by atoms with Crippen LogP contribution in [0.15, 0.2) is 6.20 Å². The largest absolute Gasteiger partial charge is 0.391 e. The number of amides is 1. The van der Waals surface area contributed by atoms with Crippen molar-refractivity contribution in [3.8, 4) is 0 Å². The van der Waals surface area contributed by atoms with Gasteiger partial charge in [-0.1, -0.05) is 27.2 Å². The molecule has 1 heterocycles. The van der Waals surface area contributed by atoms with Crippen LogP contribution in [0.25, 0.3) is 0 Å². The van der Waals surface area contributed by atoms with Crippen molar-refractivity contribution in [2.24, 2.45) is 0 Å². The quantitative estimate of drug-likeness (QED) is 0.820. The van der Waals surface area contributed by atoms with Crippen molar-refractivity contribution in [3.05, 3.63) is 16.1 Å². The minimum atomic E-state index is -0.457. The lowest BCUT2D eigenvalue weighted by atomic mass is 10.2. The van der Waals surface area contributed by atoms with Crippen LogP contribution < -0.4 is 5.32 Å². The molecule has 17 heavy (non-hydrogen) atoms. The van der Waals surface area contributed by atoms with Crippen molar-refractivity contribution < 1.29 is 9.90 Å². The Morgan fingerprint density at radius 3 is 2.82 bits per heavy atom. The molecule has 0 spiro atoms. The molecule has 1 amide bonds. The zero-order valence-corrected chi connectivity index (χ0v) is 11.4. The first kappa shape index (κ1) is 14.1. The van der Waals surface area contributed by atoms with Crippen molar-refractivity contribution in [3.63, 3.8) is 0 Å². The number of aromatic nitrogens is 1. The molecule has 0 saturated heterocycles. The van der Waals surface area contributed by atoms with Gasteiger partial charge >= 0.3 is 0 Å². The summed E-state index contributed by atoms with van der Waals surface area (Å²) in [6.07, 6.45) is 2.76. The Hall–Kier alpha value is -0.940. The topological polar surface area (TPSA) is 62.2 Å². The summed E-state index contributed by atoms with van der Waals surface area (Å²) < 4.78 is 0. The molecule has 1 rings (SSSR count). The number of rotatable bonds is 6. The van der Waals surface area contributed by atoms with Crippen LogP contribution in [0.2, 0.25) is 0 Å². The lowest BCUT2D eigenvalue weighted by molar-refractivity contribution is 0.0914. The maximum absolute atomic E-state index is 11.7. The van der Waals surface area contributed by atoms with E-state index in [-0.39, 0.29) is 5.91 Å². The highest BCUT2D eigenvalue weighted by Gasteiger charge is 2.13. The monoisotopic (exact) mass is 256 g/mol. The molecule has 1 aromatic heterocycles. The molecule has 4 nitrogen and oxygen atoms in total. The molecule has 5 heteroatoms. The van der Waals surface area contributed by atoms with Gasteiger partial charge in [0, 0.05) is 12.5 Å². The fourth-order valence-electron chi connectivity index (χ4n) is 1.39. The smallest absolute Gasteiger partial charge is 0.263 e. The molecule has 0 bridgehead atoms. The van der Waals surface area contributed by atoms with Gasteiger partial charge in [-0.15, -0.1) is 11.3 Å². The number of nitrogens with one attached hydrogen (secondary N) is 1. The SMILES string of the molecule is CCCC(O)CNC(=O)c1cnc(C(C)C)s1. The Balaban J connectivity index is 2.46. The Morgan fingerprint density at radius 2 is 2.29 bits per heavy atom. The Labute approximate surface area is 106 Å². The summed E-state index contributed by atoms with van der Waals surface area (Å²) in [5.41, 5.74) is 0. The molecule has 1 unspecified atom stereocenters. The fourth-order valence-corrected chi connectivity index (χ4v) is 2.23. The molecular formula is C12H20N2O2S. The third-order valence-corrected chi connectivity index (χ3v) is 3.66. The normalized spacial score (nSPS) is 12.8. The standard InChI is InChI=1S/C12H20N2O2S/c1-4-5-9(15)6-13-11(16)10-7-14-12(17-10)8(2)3/h7-9,15H,4-6H2,1-3H3,(H,13,16). The fraction of sp³-hybridized carbons (Fsp3) is 0.667. The summed E-state index contributed by atoms with van der Waals surface area (Å²) in [5.74, 6) is 0.191. The highest BCUT2D eigenvalue weighted by Crippen LogP contribution is 2.20. The first-order chi connectivity index (χ1) is 8.04. The van der Waals surface area contributed by atoms with E-state index in [0.29, 0.717) is 23.8 Å². The van der Waals surface area contributed by atoms with Gasteiger partial charge in [0.1, 0.15) is 4.88 Å². The molecule has 0 aliphatic carbocycles. The third-order valence-electron chi connectivity index (χ3n) is 2.36. The second-order valence-corrected chi connectivity index (χ2v) is 5.43. The number of carbonyl (C=O) groups excluding carboxylic acids is 1. The minimum Gasteiger partial charge on any atom is -0.391 e. The first-order valence-corrected chi connectivity index (χ1v) is 6.78. The molecule has 0 aliphatic heterocycles. The molecule has 0 saturated carbocycles. The Kier molecular flexibility index (Phi) is 5.58. The zero-order valence-electron chi connectivity index (χ0n) is 10.6. The highest BCUT2D eigenvalue weighted by molar-refractivity contribution is 7.13. The van der Waals surface area contributed by atoms with E-state index in [1.54, 1.807) is 6.20 Å². The van der Waals surface area contributed by atoms with Crippen molar-refractivity contribution in [1.29, 1.82) is 0 Å². The second-order valence-electron chi connectivity index (χ2n) is 4.37. The van der Waals surface area contributed by atoms with Crippen LogP contribution in [0.4, 0.5) is 0 Å². The molecule has 0 radical (unpaired) electrons. The Morgan fingerprint density at radius 1 is 1.59 bits per heavy atom. The number of hydrogen-bond donors (Lipinski definition) is 2. The summed E-state index contributed by atoms with van der Waals surface area (Å²) in [5, 5.41) is 13.2. The maximum atomic E-state index is 11.7. The van der Waals surface area contributed by atoms with Crippen LogP contribution in [0.5, 0.6) is 0 Å². The number of thiazole rings is 1. The van der Waals surface area contributed by atoms with Gasteiger partial charge in [0.25, 0.3) is 5.91 Å². The predicted molar refractivity (Wildman–Crippen MR) is 69.5 cm³/mol. The third kappa shape index (κ3) is 4.44. The number of carbonyl (C=O) groups is 1. The number of nitrogens with zero attached hydrogens (tertiary/aromatic N) is 1. The maximum Gasteiger partial charge on any atom is 0.263 e. The van der Waals surface area contributed by atoms with Crippen molar-refractivity contribution >= 4 is 17.2 Å². The lowest BCUT2D eigenvalue weighted by Crippen LogP contribution is -2.31. The molecule has 0 fully saturated rings. The number of hydrogen-bond acceptors (Lipinski definition) is 4. The minimum absolute atomic E-state index is 0.149. The molecule has 2 N–H and O–H groups in total. The summed E-state index contributed by atoms with van der Waals surface area (Å²) in [7, 11) is 0. The Bertz CT molecular complexity index is 363. The second kappa shape index (κ2) is 6.71. The van der Waals surface area contributed by atoms with Gasteiger partial charge in [-0.25, -0.2) is 4.98 Å². The van der Waals surface area contributed by atoms with E-state index in [1.165, 1.54) is 11.3 Å². The van der Waals surface area contributed by atoms with E-state index in [4.69, 9.17) is 0 Å². The first-order valence-electron chi connectivity index (χ1n) is 5.96. The van der Waals surface area contributed by atoms with E-state index in [9.17, 15) is 9.90 Å². The number of aliphatic hydroxyl groups is 1. The van der Waals surface area contributed by atoms with Gasteiger partial charge in [-0.05, 0) is 6.42 Å². The molecule has 0 aromatic carbocycles. The average molecular weight is 256 g/mol. The van der Waals surface area contributed by atoms with E-state index < -0.39 is 6.10 Å². The van der Waals surface area contributed by atoms with Crippen molar-refractivity contribution in [1.82, 2.24) is 10.3 Å². The summed E-state index contributed by atoms with van der Waals surface area (Å²) in [4.78, 5) is 16.5. The van der Waals surface area contributed by atoms with E-state index in [2.05, 4.69) is 10.3 Å². The van der Waals surface area contributed by atoms with Gasteiger partial charge < -0.3 is 10.4 Å². The van der Waals surface area contributed by atoms with E-state index >= 15 is 0 Å². The number of aliphatic hydroxyl groups excluding tert-OH is 1. The van der Waals surface area contributed by atoms with Gasteiger partial charge in [0.15, 0.2) is 0 Å². The van der Waals surface area contributed by atoms with Crippen molar-refractivity contribution in [2.75, 3.05) is 6.54 Å². The lowest BCUT2D eigenvalue weighted by Gasteiger charge is -2.09. The molecule has 1 atom stereocenters. The van der Waals surface area contributed by atoms with Crippen LogP contribution in [-0.4, -0.2) is 28.6 Å². The van der Waals surface area contributed by atoms with E-state index in [1.807, 2.05) is 20.8 Å². The molecule has 1 aromatic rings. The van der Waals surface area contributed by atoms with Crippen LogP contribution in [0.3, 0.4) is 0 Å². The van der Waals surface area contributed by atoms with Crippen LogP contribution >= 0.6 is 11.3 Å². The van der Waals surface area contributed by atoms with E-state index in [0.717, 1.165) is 11.4 Å². The molecule has 96 valence electrons. The van der Waals surface area contributed by atoms with Crippen LogP contribution in [0.1, 0.15) is 54.2 Å². The molecule has 0 aliphatic rings. The van der Waals surface area contributed by atoms with Crippen LogP contribution in [0, 0.1) is 0 Å². The predicted octanol–water partition coefficient (Wildman–Crippen LogP) is 2.16. The van der Waals surface area contributed by atoms with Crippen molar-refractivity contribution in [2.45, 2.75) is 45.6 Å². The van der Waals surface area contributed by atoms with Gasteiger partial charge in [0.2, 0.25) is 0 Å². The summed E-state index contributed by atoms with van der Waals surface area (Å²) in [6, 6.07) is 0. The van der Waals surface area contributed by atoms with Gasteiger partial charge in [-0.3, -0.25) is 4.79 Å².